The summed E-state index contributed by atoms with van der Waals surface area (Å²) < 4.78 is 0. The molecule has 1 nitrogen and oxygen atoms in total. The zero-order chi connectivity index (χ0) is 14.4. The molecular formula is C19H35N. The lowest BCUT2D eigenvalue weighted by Gasteiger charge is -2.60. The van der Waals surface area contributed by atoms with Gasteiger partial charge >= 0.3 is 0 Å². The van der Waals surface area contributed by atoms with Crippen LogP contribution in [0.1, 0.15) is 79.1 Å². The quantitative estimate of drug-likeness (QED) is 0.745. The smallest absolute Gasteiger partial charge is 0.0124 e. The average molecular weight is 277 g/mol. The topological polar surface area (TPSA) is 12.0 Å². The molecule has 0 heterocycles. The average Bonchev–Trinajstić information content (AvgIpc) is 2.31. The van der Waals surface area contributed by atoms with E-state index in [-0.39, 0.29) is 0 Å². The Kier molecular flexibility index (Phi) is 3.95. The first-order valence-electron chi connectivity index (χ1n) is 9.13. The lowest BCUT2D eigenvalue weighted by atomic mass is 9.47. The van der Waals surface area contributed by atoms with Gasteiger partial charge in [-0.25, -0.2) is 0 Å². The molecule has 0 aromatic heterocycles. The van der Waals surface area contributed by atoms with Crippen molar-refractivity contribution in [1.29, 1.82) is 0 Å². The van der Waals surface area contributed by atoms with Crippen molar-refractivity contribution in [3.8, 4) is 0 Å². The van der Waals surface area contributed by atoms with Crippen molar-refractivity contribution in [1.82, 2.24) is 5.32 Å². The van der Waals surface area contributed by atoms with Gasteiger partial charge in [-0.2, -0.15) is 0 Å². The van der Waals surface area contributed by atoms with Crippen molar-refractivity contribution < 1.29 is 0 Å². The largest absolute Gasteiger partial charge is 0.314 e. The number of rotatable bonds is 5. The summed E-state index contributed by atoms with van der Waals surface area (Å²) in [4.78, 5) is 0. The minimum Gasteiger partial charge on any atom is -0.314 e. The molecule has 4 bridgehead atoms. The summed E-state index contributed by atoms with van der Waals surface area (Å²) in [6, 6.07) is 0.792. The van der Waals surface area contributed by atoms with Crippen LogP contribution in [0.5, 0.6) is 0 Å². The van der Waals surface area contributed by atoms with Crippen LogP contribution in [0.15, 0.2) is 0 Å². The van der Waals surface area contributed by atoms with Crippen LogP contribution in [0.4, 0.5) is 0 Å². The highest BCUT2D eigenvalue weighted by atomic mass is 14.9. The summed E-state index contributed by atoms with van der Waals surface area (Å²) >= 11 is 0. The maximum Gasteiger partial charge on any atom is 0.0124 e. The van der Waals surface area contributed by atoms with Gasteiger partial charge in [-0.3, -0.25) is 0 Å². The summed E-state index contributed by atoms with van der Waals surface area (Å²) in [5.41, 5.74) is 1.16. The van der Waals surface area contributed by atoms with Gasteiger partial charge in [0.05, 0.1) is 0 Å². The van der Waals surface area contributed by atoms with E-state index in [9.17, 15) is 0 Å². The molecule has 1 unspecified atom stereocenters. The molecule has 0 aromatic carbocycles. The Hall–Kier alpha value is -0.0400. The first-order valence-corrected chi connectivity index (χ1v) is 9.13. The lowest BCUT2D eigenvalue weighted by molar-refractivity contribution is -0.0762. The molecule has 0 aromatic rings. The number of hydrogen-bond acceptors (Lipinski definition) is 1. The number of hydrogen-bond donors (Lipinski definition) is 1. The van der Waals surface area contributed by atoms with Gasteiger partial charge in [0, 0.05) is 6.04 Å². The SMILES string of the molecule is CCNC(CCC(C)(C)C)C12CC3CC(CC(C3)C1)C2. The first-order chi connectivity index (χ1) is 9.40. The van der Waals surface area contributed by atoms with E-state index >= 15 is 0 Å². The van der Waals surface area contributed by atoms with Crippen molar-refractivity contribution in [3.63, 3.8) is 0 Å². The van der Waals surface area contributed by atoms with Crippen LogP contribution < -0.4 is 5.32 Å². The summed E-state index contributed by atoms with van der Waals surface area (Å²) in [6.45, 7) is 10.6. The Morgan fingerprint density at radius 1 is 1.00 bits per heavy atom. The van der Waals surface area contributed by atoms with Crippen molar-refractivity contribution in [2.45, 2.75) is 85.1 Å². The maximum atomic E-state index is 3.91. The molecular weight excluding hydrogens is 242 g/mol. The molecule has 20 heavy (non-hydrogen) atoms. The maximum absolute atomic E-state index is 3.91. The molecule has 0 aliphatic heterocycles. The van der Waals surface area contributed by atoms with Crippen LogP contribution in [0.3, 0.4) is 0 Å². The Morgan fingerprint density at radius 2 is 1.50 bits per heavy atom. The molecule has 1 atom stereocenters. The standard InChI is InChI=1S/C19H35N/c1-5-20-17(6-7-18(2,3)4)19-11-14-8-15(12-19)10-16(9-14)13-19/h14-17,20H,5-13H2,1-4H3. The third-order valence-corrected chi connectivity index (χ3v) is 6.46. The molecule has 0 amide bonds. The zero-order valence-electron chi connectivity index (χ0n) is 14.2. The minimum absolute atomic E-state index is 0.482. The van der Waals surface area contributed by atoms with E-state index in [1.807, 2.05) is 0 Å². The molecule has 4 aliphatic rings. The predicted octanol–water partition coefficient (Wildman–Crippen LogP) is 5.01. The minimum atomic E-state index is 0.482. The Balaban J connectivity index is 1.73. The van der Waals surface area contributed by atoms with E-state index in [1.54, 1.807) is 38.5 Å². The Morgan fingerprint density at radius 3 is 1.90 bits per heavy atom. The summed E-state index contributed by atoms with van der Waals surface area (Å²) in [6.07, 6.45) is 12.1. The highest BCUT2D eigenvalue weighted by molar-refractivity contribution is 5.06. The van der Waals surface area contributed by atoms with E-state index < -0.39 is 0 Å². The lowest BCUT2D eigenvalue weighted by Crippen LogP contribution is -2.56. The van der Waals surface area contributed by atoms with Gasteiger partial charge in [-0.1, -0.05) is 27.7 Å². The normalized spacial score (nSPS) is 41.1. The molecule has 4 rings (SSSR count). The second-order valence-electron chi connectivity index (χ2n) is 9.49. The van der Waals surface area contributed by atoms with E-state index in [0.717, 1.165) is 30.3 Å². The fraction of sp³-hybridized carbons (Fsp3) is 1.00. The van der Waals surface area contributed by atoms with E-state index in [4.69, 9.17) is 0 Å². The summed E-state index contributed by atoms with van der Waals surface area (Å²) in [5.74, 6) is 3.24. The van der Waals surface area contributed by atoms with Crippen LogP contribution in [-0.2, 0) is 0 Å². The molecule has 4 fully saturated rings. The van der Waals surface area contributed by atoms with E-state index in [2.05, 4.69) is 33.0 Å². The highest BCUT2D eigenvalue weighted by Crippen LogP contribution is 2.61. The molecule has 1 N–H and O–H groups in total. The molecule has 0 radical (unpaired) electrons. The molecule has 4 saturated carbocycles. The van der Waals surface area contributed by atoms with Gasteiger partial charge < -0.3 is 5.32 Å². The zero-order valence-corrected chi connectivity index (χ0v) is 14.2. The Labute approximate surface area is 126 Å². The predicted molar refractivity (Wildman–Crippen MR) is 86.8 cm³/mol. The highest BCUT2D eigenvalue weighted by Gasteiger charge is 2.53. The Bertz CT molecular complexity index is 303. The van der Waals surface area contributed by atoms with Crippen LogP contribution in [0.25, 0.3) is 0 Å². The van der Waals surface area contributed by atoms with Crippen LogP contribution in [-0.4, -0.2) is 12.6 Å². The van der Waals surface area contributed by atoms with Gasteiger partial charge in [0.2, 0.25) is 0 Å². The van der Waals surface area contributed by atoms with Crippen LogP contribution in [0, 0.1) is 28.6 Å². The van der Waals surface area contributed by atoms with Gasteiger partial charge in [0.1, 0.15) is 0 Å². The van der Waals surface area contributed by atoms with Crippen molar-refractivity contribution >= 4 is 0 Å². The van der Waals surface area contributed by atoms with Gasteiger partial charge in [0.25, 0.3) is 0 Å². The second-order valence-corrected chi connectivity index (χ2v) is 9.49. The molecule has 0 saturated heterocycles. The molecule has 1 heteroatoms. The second kappa shape index (κ2) is 5.30. The third kappa shape index (κ3) is 2.93. The van der Waals surface area contributed by atoms with E-state index in [1.165, 1.54) is 12.8 Å². The van der Waals surface area contributed by atoms with Crippen LogP contribution >= 0.6 is 0 Å². The summed E-state index contributed by atoms with van der Waals surface area (Å²) in [5, 5.41) is 3.91. The molecule has 0 spiro atoms. The fourth-order valence-corrected chi connectivity index (χ4v) is 6.05. The van der Waals surface area contributed by atoms with Crippen molar-refractivity contribution in [2.75, 3.05) is 6.54 Å². The van der Waals surface area contributed by atoms with E-state index in [0.29, 0.717) is 10.8 Å². The number of nitrogens with one attached hydrogen (secondary N) is 1. The van der Waals surface area contributed by atoms with Gasteiger partial charge in [-0.15, -0.1) is 0 Å². The van der Waals surface area contributed by atoms with Crippen LogP contribution in [0.2, 0.25) is 0 Å². The first kappa shape index (κ1) is 14.9. The molecule has 116 valence electrons. The summed E-state index contributed by atoms with van der Waals surface area (Å²) in [7, 11) is 0. The van der Waals surface area contributed by atoms with Crippen molar-refractivity contribution in [2.24, 2.45) is 28.6 Å². The van der Waals surface area contributed by atoms with Gasteiger partial charge in [0.15, 0.2) is 0 Å². The van der Waals surface area contributed by atoms with Gasteiger partial charge in [-0.05, 0) is 86.5 Å². The van der Waals surface area contributed by atoms with Crippen molar-refractivity contribution in [3.05, 3.63) is 0 Å². The third-order valence-electron chi connectivity index (χ3n) is 6.46. The molecule has 4 aliphatic carbocycles. The fourth-order valence-electron chi connectivity index (χ4n) is 6.05. The monoisotopic (exact) mass is 277 g/mol.